The average Bonchev–Trinajstić information content (AvgIpc) is 3.62. The molecule has 1 aliphatic rings. The van der Waals surface area contributed by atoms with E-state index in [2.05, 4.69) is 44.7 Å². The van der Waals surface area contributed by atoms with Crippen LogP contribution in [0, 0.1) is 5.82 Å². The fourth-order valence-electron chi connectivity index (χ4n) is 3.80. The Kier molecular flexibility index (Phi) is 8.61. The molecule has 0 atom stereocenters. The quantitative estimate of drug-likeness (QED) is 0.285. The Hall–Kier alpha value is -2.94. The van der Waals surface area contributed by atoms with E-state index in [-0.39, 0.29) is 11.6 Å². The van der Waals surface area contributed by atoms with E-state index in [0.717, 1.165) is 52.5 Å². The minimum atomic E-state index is -0.225. The zero-order valence-corrected chi connectivity index (χ0v) is 19.3. The molecule has 1 N–H and O–H groups in total. The normalized spacial score (nSPS) is 13.2. The predicted octanol–water partition coefficient (Wildman–Crippen LogP) is 8.98. The highest BCUT2D eigenvalue weighted by Gasteiger charge is 2.29. The molecule has 0 radical (unpaired) electrons. The van der Waals surface area contributed by atoms with Crippen molar-refractivity contribution in [1.82, 2.24) is 4.98 Å². The average molecular weight is 432 g/mol. The number of halogens is 1. The number of aliphatic hydroxyl groups is 1. The first-order valence-electron chi connectivity index (χ1n) is 11.8. The molecule has 1 heterocycles. The first-order chi connectivity index (χ1) is 15.5. The summed E-state index contributed by atoms with van der Waals surface area (Å²) in [6.07, 6.45) is 11.5. The number of pyridine rings is 1. The highest BCUT2D eigenvalue weighted by molar-refractivity contribution is 5.99. The van der Waals surface area contributed by atoms with Gasteiger partial charge in [-0.2, -0.15) is 0 Å². The van der Waals surface area contributed by atoms with Crippen molar-refractivity contribution < 1.29 is 9.50 Å². The summed E-state index contributed by atoms with van der Waals surface area (Å²) in [4.78, 5) is 5.01. The summed E-state index contributed by atoms with van der Waals surface area (Å²) in [5.74, 6) is 0.538. The highest BCUT2D eigenvalue weighted by atomic mass is 19.1. The summed E-state index contributed by atoms with van der Waals surface area (Å²) in [5, 5.41) is 10.3. The Bertz CT molecular complexity index is 1060. The van der Waals surface area contributed by atoms with Crippen LogP contribution < -0.4 is 0 Å². The van der Waals surface area contributed by atoms with Crippen LogP contribution in [0.4, 0.5) is 4.39 Å². The minimum absolute atomic E-state index is 0.225. The van der Waals surface area contributed by atoms with Crippen LogP contribution in [-0.2, 0) is 0 Å². The summed E-state index contributed by atoms with van der Waals surface area (Å²) >= 11 is 0. The van der Waals surface area contributed by atoms with Crippen molar-refractivity contribution in [1.29, 1.82) is 0 Å². The SMILES string of the molecule is C=C(O)CCCC/C=C/c1c(C2CC2)nc2ccccc2c1-c1ccc(F)cc1.CCC. The second-order valence-electron chi connectivity index (χ2n) is 8.51. The molecular weight excluding hydrogens is 397 g/mol. The van der Waals surface area contributed by atoms with Crippen molar-refractivity contribution in [3.63, 3.8) is 0 Å². The Morgan fingerprint density at radius 2 is 1.78 bits per heavy atom. The van der Waals surface area contributed by atoms with Gasteiger partial charge < -0.3 is 5.11 Å². The van der Waals surface area contributed by atoms with Crippen LogP contribution in [-0.4, -0.2) is 10.1 Å². The smallest absolute Gasteiger partial charge is 0.123 e. The van der Waals surface area contributed by atoms with E-state index < -0.39 is 0 Å². The van der Waals surface area contributed by atoms with Gasteiger partial charge in [-0.3, -0.25) is 4.98 Å². The van der Waals surface area contributed by atoms with Crippen molar-refractivity contribution >= 4 is 17.0 Å². The van der Waals surface area contributed by atoms with Gasteiger partial charge in [0, 0.05) is 28.9 Å². The molecule has 1 fully saturated rings. The Morgan fingerprint density at radius 1 is 1.09 bits per heavy atom. The number of aromatic nitrogens is 1. The van der Waals surface area contributed by atoms with Gasteiger partial charge >= 0.3 is 0 Å². The van der Waals surface area contributed by atoms with E-state index >= 15 is 0 Å². The minimum Gasteiger partial charge on any atom is -0.513 e. The third kappa shape index (κ3) is 6.29. The molecule has 2 aromatic carbocycles. The summed E-state index contributed by atoms with van der Waals surface area (Å²) in [6, 6.07) is 15.0. The monoisotopic (exact) mass is 431 g/mol. The van der Waals surface area contributed by atoms with Gasteiger partial charge in [0.2, 0.25) is 0 Å². The molecule has 168 valence electrons. The fraction of sp³-hybridized carbons (Fsp3) is 0.345. The molecule has 4 rings (SSSR count). The third-order valence-electron chi connectivity index (χ3n) is 5.43. The number of nitrogens with zero attached hydrogens (tertiary/aromatic N) is 1. The molecule has 3 heteroatoms. The molecule has 2 nitrogen and oxygen atoms in total. The molecule has 1 saturated carbocycles. The first-order valence-corrected chi connectivity index (χ1v) is 11.8. The largest absolute Gasteiger partial charge is 0.513 e. The van der Waals surface area contributed by atoms with Crippen molar-refractivity contribution in [2.24, 2.45) is 0 Å². The number of allylic oxidation sites excluding steroid dienone is 2. The number of unbranched alkanes of at least 4 members (excludes halogenated alkanes) is 2. The van der Waals surface area contributed by atoms with Crippen LogP contribution in [0.2, 0.25) is 0 Å². The second kappa shape index (κ2) is 11.6. The van der Waals surface area contributed by atoms with Crippen LogP contribution in [0.25, 0.3) is 28.1 Å². The standard InChI is InChI=1S/C26H26FNO.C3H8/c1-18(29)8-4-2-3-5-10-23-25(19-14-16-21(27)17-15-19)22-9-6-7-11-24(22)28-26(23)20-12-13-20;1-3-2/h5-7,9-11,14-17,20,29H,1-4,8,12-13H2;3H2,1-2H3/b10-5+;. The Labute approximate surface area is 191 Å². The zero-order valence-electron chi connectivity index (χ0n) is 19.3. The van der Waals surface area contributed by atoms with Crippen LogP contribution in [0.1, 0.15) is 76.0 Å². The van der Waals surface area contributed by atoms with Gasteiger partial charge in [0.1, 0.15) is 5.82 Å². The topological polar surface area (TPSA) is 33.1 Å². The lowest BCUT2D eigenvalue weighted by atomic mass is 9.92. The van der Waals surface area contributed by atoms with Gasteiger partial charge in [-0.25, -0.2) is 4.39 Å². The summed E-state index contributed by atoms with van der Waals surface area (Å²) in [6.45, 7) is 7.79. The van der Waals surface area contributed by atoms with Gasteiger partial charge in [0.25, 0.3) is 0 Å². The van der Waals surface area contributed by atoms with E-state index in [9.17, 15) is 9.50 Å². The van der Waals surface area contributed by atoms with Gasteiger partial charge in [-0.1, -0.05) is 69.3 Å². The molecular formula is C29H34FNO. The maximum atomic E-state index is 13.6. The molecule has 0 aliphatic heterocycles. The van der Waals surface area contributed by atoms with Crippen molar-refractivity contribution in [3.8, 4) is 11.1 Å². The van der Waals surface area contributed by atoms with E-state index in [1.807, 2.05) is 24.3 Å². The number of hydrogen-bond acceptors (Lipinski definition) is 2. The Balaban J connectivity index is 0.000000913. The third-order valence-corrected chi connectivity index (χ3v) is 5.43. The summed E-state index contributed by atoms with van der Waals surface area (Å²) in [7, 11) is 0. The lowest BCUT2D eigenvalue weighted by Gasteiger charge is -2.15. The van der Waals surface area contributed by atoms with E-state index in [0.29, 0.717) is 12.3 Å². The number of fused-ring (bicyclic) bond motifs is 1. The van der Waals surface area contributed by atoms with E-state index in [1.54, 1.807) is 0 Å². The molecule has 1 aliphatic carbocycles. The zero-order chi connectivity index (χ0) is 22.9. The number of aliphatic hydroxyl groups excluding tert-OH is 1. The number of rotatable bonds is 8. The van der Waals surface area contributed by atoms with Crippen LogP contribution in [0.3, 0.4) is 0 Å². The van der Waals surface area contributed by atoms with Crippen molar-refractivity contribution in [3.05, 3.63) is 84.0 Å². The summed E-state index contributed by atoms with van der Waals surface area (Å²) in [5.41, 5.74) is 5.46. The molecule has 0 spiro atoms. The van der Waals surface area contributed by atoms with Gasteiger partial charge in [-0.15, -0.1) is 0 Å². The molecule has 32 heavy (non-hydrogen) atoms. The molecule has 1 aromatic heterocycles. The molecule has 0 saturated heterocycles. The van der Waals surface area contributed by atoms with E-state index in [1.165, 1.54) is 31.4 Å². The second-order valence-corrected chi connectivity index (χ2v) is 8.51. The lowest BCUT2D eigenvalue weighted by Crippen LogP contribution is -1.98. The highest BCUT2D eigenvalue weighted by Crippen LogP contribution is 2.45. The number of para-hydroxylation sites is 1. The molecule has 0 unspecified atom stereocenters. The van der Waals surface area contributed by atoms with E-state index in [4.69, 9.17) is 4.98 Å². The fourth-order valence-corrected chi connectivity index (χ4v) is 3.80. The van der Waals surface area contributed by atoms with Crippen LogP contribution >= 0.6 is 0 Å². The Morgan fingerprint density at radius 3 is 2.44 bits per heavy atom. The number of benzene rings is 2. The molecule has 0 bridgehead atoms. The van der Waals surface area contributed by atoms with Crippen molar-refractivity contribution in [2.45, 2.75) is 64.7 Å². The predicted molar refractivity (Wildman–Crippen MR) is 134 cm³/mol. The van der Waals surface area contributed by atoms with Crippen molar-refractivity contribution in [2.75, 3.05) is 0 Å². The number of hydrogen-bond donors (Lipinski definition) is 1. The first kappa shape index (κ1) is 23.7. The molecule has 0 amide bonds. The van der Waals surface area contributed by atoms with Gasteiger partial charge in [-0.05, 0) is 55.9 Å². The summed E-state index contributed by atoms with van der Waals surface area (Å²) < 4.78 is 13.6. The van der Waals surface area contributed by atoms with Gasteiger partial charge in [0.05, 0.1) is 17.0 Å². The maximum absolute atomic E-state index is 13.6. The van der Waals surface area contributed by atoms with Crippen LogP contribution in [0.15, 0.2) is 66.9 Å². The van der Waals surface area contributed by atoms with Gasteiger partial charge in [0.15, 0.2) is 0 Å². The molecule has 3 aromatic rings. The maximum Gasteiger partial charge on any atom is 0.123 e. The lowest BCUT2D eigenvalue weighted by molar-refractivity contribution is 0.385. The van der Waals surface area contributed by atoms with Crippen LogP contribution in [0.5, 0.6) is 0 Å².